The predicted molar refractivity (Wildman–Crippen MR) is 57.9 cm³/mol. The van der Waals surface area contributed by atoms with Crippen molar-refractivity contribution in [1.29, 1.82) is 0 Å². The first-order valence-corrected chi connectivity index (χ1v) is 5.31. The minimum Gasteiger partial charge on any atom is -0.467 e. The van der Waals surface area contributed by atoms with Crippen LogP contribution in [0.25, 0.3) is 0 Å². The summed E-state index contributed by atoms with van der Waals surface area (Å²) in [5.74, 6) is -0.321. The fraction of sp³-hybridized carbons (Fsp3) is 0.818. The zero-order chi connectivity index (χ0) is 12.6. The molecule has 1 amide bonds. The Hall–Kier alpha value is -1.26. The number of rotatable bonds is 2. The first-order chi connectivity index (χ1) is 7.21. The van der Waals surface area contributed by atoms with Gasteiger partial charge in [-0.2, -0.15) is 0 Å². The molecule has 1 rings (SSSR count). The Morgan fingerprint density at radius 2 is 1.88 bits per heavy atom. The Balaban J connectivity index is 2.59. The number of ether oxygens (including phenoxy) is 2. The van der Waals surface area contributed by atoms with Crippen LogP contribution in [0.4, 0.5) is 4.79 Å². The summed E-state index contributed by atoms with van der Waals surface area (Å²) in [5.41, 5.74) is -1.45. The number of nitrogens with one attached hydrogen (secondary N) is 1. The van der Waals surface area contributed by atoms with E-state index in [4.69, 9.17) is 4.74 Å². The first kappa shape index (κ1) is 12.8. The summed E-state index contributed by atoms with van der Waals surface area (Å²) in [4.78, 5) is 23.1. The fourth-order valence-electron chi connectivity index (χ4n) is 1.60. The van der Waals surface area contributed by atoms with Crippen LogP contribution in [-0.4, -0.2) is 30.3 Å². The van der Waals surface area contributed by atoms with Gasteiger partial charge in [0.2, 0.25) is 0 Å². The molecule has 0 radical (unpaired) electrons. The fourth-order valence-corrected chi connectivity index (χ4v) is 1.60. The molecule has 0 aromatic rings. The van der Waals surface area contributed by atoms with Crippen molar-refractivity contribution in [1.82, 2.24) is 5.32 Å². The molecule has 0 unspecified atom stereocenters. The largest absolute Gasteiger partial charge is 0.467 e. The Morgan fingerprint density at radius 1 is 1.38 bits per heavy atom. The Morgan fingerprint density at radius 3 is 2.19 bits per heavy atom. The van der Waals surface area contributed by atoms with Crippen molar-refractivity contribution in [2.45, 2.75) is 45.3 Å². The van der Waals surface area contributed by atoms with Crippen LogP contribution in [-0.2, 0) is 14.3 Å². The zero-order valence-corrected chi connectivity index (χ0v) is 10.4. The van der Waals surface area contributed by atoms with Gasteiger partial charge in [-0.15, -0.1) is 0 Å². The quantitative estimate of drug-likeness (QED) is 0.728. The molecular formula is C11H19NO4. The maximum Gasteiger partial charge on any atom is 0.408 e. The average molecular weight is 229 g/mol. The lowest BCUT2D eigenvalue weighted by atomic mass is 10.2. The Labute approximate surface area is 95.5 Å². The van der Waals surface area contributed by atoms with E-state index >= 15 is 0 Å². The molecule has 1 saturated carbocycles. The summed E-state index contributed by atoms with van der Waals surface area (Å²) in [6.07, 6.45) is 0.0149. The third kappa shape index (κ3) is 2.65. The predicted octanol–water partition coefficient (Wildman–Crippen LogP) is 1.46. The van der Waals surface area contributed by atoms with Gasteiger partial charge >= 0.3 is 12.1 Å². The van der Waals surface area contributed by atoms with Gasteiger partial charge in [-0.25, -0.2) is 9.59 Å². The van der Waals surface area contributed by atoms with E-state index in [0.29, 0.717) is 6.42 Å². The molecule has 16 heavy (non-hydrogen) atoms. The van der Waals surface area contributed by atoms with Crippen molar-refractivity contribution in [2.75, 3.05) is 7.11 Å². The van der Waals surface area contributed by atoms with Gasteiger partial charge in [0.05, 0.1) is 7.11 Å². The lowest BCUT2D eigenvalue weighted by Crippen LogP contribution is -2.47. The summed E-state index contributed by atoms with van der Waals surface area (Å²) in [7, 11) is 1.31. The number of carbonyl (C=O) groups excluding carboxylic acids is 2. The van der Waals surface area contributed by atoms with Crippen LogP contribution in [0.2, 0.25) is 0 Å². The molecule has 0 aromatic carbocycles. The van der Waals surface area contributed by atoms with Crippen LogP contribution in [0.3, 0.4) is 0 Å². The number of esters is 1. The number of amides is 1. The second-order valence-electron chi connectivity index (χ2n) is 5.19. The molecule has 1 aliphatic carbocycles. The smallest absolute Gasteiger partial charge is 0.408 e. The van der Waals surface area contributed by atoms with Gasteiger partial charge < -0.3 is 14.8 Å². The summed E-state index contributed by atoms with van der Waals surface area (Å²) in [6.45, 7) is 7.20. The van der Waals surface area contributed by atoms with Crippen LogP contribution in [0, 0.1) is 5.92 Å². The molecule has 0 aliphatic heterocycles. The lowest BCUT2D eigenvalue weighted by Gasteiger charge is -2.22. The Bertz CT molecular complexity index is 308. The zero-order valence-electron chi connectivity index (χ0n) is 10.4. The van der Waals surface area contributed by atoms with Crippen LogP contribution in [0.15, 0.2) is 0 Å². The summed E-state index contributed by atoms with van der Waals surface area (Å²) in [5, 5.41) is 2.59. The normalized spacial score (nSPS) is 28.2. The first-order valence-electron chi connectivity index (χ1n) is 5.31. The molecule has 92 valence electrons. The Kier molecular flexibility index (Phi) is 3.17. The van der Waals surface area contributed by atoms with Gasteiger partial charge in [0.25, 0.3) is 0 Å². The number of alkyl carbamates (subject to hydrolysis) is 1. The topological polar surface area (TPSA) is 64.6 Å². The highest BCUT2D eigenvalue weighted by Gasteiger charge is 2.60. The molecule has 0 saturated heterocycles. The van der Waals surface area contributed by atoms with E-state index in [1.54, 1.807) is 20.8 Å². The third-order valence-electron chi connectivity index (χ3n) is 2.58. The van der Waals surface area contributed by atoms with Crippen molar-refractivity contribution in [3.8, 4) is 0 Å². The van der Waals surface area contributed by atoms with E-state index in [2.05, 4.69) is 10.1 Å². The van der Waals surface area contributed by atoms with Crippen molar-refractivity contribution in [3.63, 3.8) is 0 Å². The summed E-state index contributed by atoms with van der Waals surface area (Å²) < 4.78 is 9.77. The highest BCUT2D eigenvalue weighted by molar-refractivity contribution is 5.89. The van der Waals surface area contributed by atoms with Gasteiger partial charge in [0, 0.05) is 0 Å². The van der Waals surface area contributed by atoms with Crippen molar-refractivity contribution in [2.24, 2.45) is 5.92 Å². The number of hydrogen-bond donors (Lipinski definition) is 1. The molecule has 5 heteroatoms. The molecule has 0 bridgehead atoms. The highest BCUT2D eigenvalue weighted by atomic mass is 16.6. The second kappa shape index (κ2) is 3.96. The molecule has 5 nitrogen and oxygen atoms in total. The molecule has 1 fully saturated rings. The number of carbonyl (C=O) groups is 2. The minimum absolute atomic E-state index is 0.0902. The molecular weight excluding hydrogens is 210 g/mol. The van der Waals surface area contributed by atoms with Crippen LogP contribution in [0.5, 0.6) is 0 Å². The molecule has 2 atom stereocenters. The minimum atomic E-state index is -0.878. The monoisotopic (exact) mass is 229 g/mol. The maximum absolute atomic E-state index is 11.5. The van der Waals surface area contributed by atoms with E-state index in [0.717, 1.165) is 0 Å². The van der Waals surface area contributed by atoms with Crippen LogP contribution >= 0.6 is 0 Å². The van der Waals surface area contributed by atoms with E-state index in [1.165, 1.54) is 7.11 Å². The lowest BCUT2D eigenvalue weighted by molar-refractivity contribution is -0.144. The maximum atomic E-state index is 11.5. The number of methoxy groups -OCH3 is 1. The molecule has 0 aromatic heterocycles. The SMILES string of the molecule is COC(=O)[C@]1(NC(=O)OC(C)(C)C)C[C@@H]1C. The number of hydrogen-bond acceptors (Lipinski definition) is 4. The second-order valence-corrected chi connectivity index (χ2v) is 5.19. The van der Waals surface area contributed by atoms with Gasteiger partial charge in [-0.05, 0) is 33.1 Å². The van der Waals surface area contributed by atoms with Gasteiger partial charge in [-0.1, -0.05) is 6.92 Å². The standard InChI is InChI=1S/C11H19NO4/c1-7-6-11(7,8(13)15-5)12-9(14)16-10(2,3)4/h7H,6H2,1-5H3,(H,12,14)/t7-,11-/m0/s1. The van der Waals surface area contributed by atoms with Gasteiger partial charge in [0.15, 0.2) is 0 Å². The van der Waals surface area contributed by atoms with E-state index in [-0.39, 0.29) is 5.92 Å². The molecule has 1 N–H and O–H groups in total. The van der Waals surface area contributed by atoms with E-state index in [9.17, 15) is 9.59 Å². The van der Waals surface area contributed by atoms with Gasteiger partial charge in [-0.3, -0.25) is 0 Å². The van der Waals surface area contributed by atoms with E-state index in [1.807, 2.05) is 6.92 Å². The highest BCUT2D eigenvalue weighted by Crippen LogP contribution is 2.44. The van der Waals surface area contributed by atoms with Crippen molar-refractivity contribution < 1.29 is 19.1 Å². The van der Waals surface area contributed by atoms with Crippen LogP contribution < -0.4 is 5.32 Å². The summed E-state index contributed by atoms with van der Waals surface area (Å²) >= 11 is 0. The summed E-state index contributed by atoms with van der Waals surface area (Å²) in [6, 6.07) is 0. The molecule has 0 heterocycles. The third-order valence-corrected chi connectivity index (χ3v) is 2.58. The molecule has 0 spiro atoms. The van der Waals surface area contributed by atoms with Crippen LogP contribution in [0.1, 0.15) is 34.1 Å². The van der Waals surface area contributed by atoms with E-state index < -0.39 is 23.2 Å². The van der Waals surface area contributed by atoms with Gasteiger partial charge in [0.1, 0.15) is 11.1 Å². The average Bonchev–Trinajstić information content (AvgIpc) is 2.72. The van der Waals surface area contributed by atoms with Crippen molar-refractivity contribution >= 4 is 12.1 Å². The van der Waals surface area contributed by atoms with Crippen molar-refractivity contribution in [3.05, 3.63) is 0 Å². The molecule has 1 aliphatic rings.